The van der Waals surface area contributed by atoms with Crippen LogP contribution in [0.2, 0.25) is 0 Å². The second-order valence-corrected chi connectivity index (χ2v) is 27.2. The van der Waals surface area contributed by atoms with Crippen molar-refractivity contribution in [3.63, 3.8) is 0 Å². The van der Waals surface area contributed by atoms with Crippen LogP contribution in [0.5, 0.6) is 0 Å². The van der Waals surface area contributed by atoms with Gasteiger partial charge in [0.15, 0.2) is 12.2 Å². The van der Waals surface area contributed by atoms with E-state index in [2.05, 4.69) is 34.6 Å². The molecule has 0 radical (unpaired) electrons. The summed E-state index contributed by atoms with van der Waals surface area (Å²) < 4.78 is 68.1. The van der Waals surface area contributed by atoms with Gasteiger partial charge in [-0.1, -0.05) is 285 Å². The summed E-state index contributed by atoms with van der Waals surface area (Å²) in [6, 6.07) is 0. The molecule has 504 valence electrons. The van der Waals surface area contributed by atoms with Gasteiger partial charge in [0.1, 0.15) is 19.3 Å². The summed E-state index contributed by atoms with van der Waals surface area (Å²) in [7, 11) is -9.89. The minimum Gasteiger partial charge on any atom is -0.462 e. The fourth-order valence-corrected chi connectivity index (χ4v) is 11.5. The van der Waals surface area contributed by atoms with Crippen LogP contribution in [0.15, 0.2) is 0 Å². The SMILES string of the molecule is CCCCCCCCCCCCCCCCCC(=O)O[C@H](COC(=O)CCCCCCCCCCC(C)C)COP(=O)(O)OC[C@@H](O)COP(=O)(O)OC[C@@H](COC(=O)CCCCCCCCCCC)OC(=O)CCCCCCCCCCCC. The Morgan fingerprint density at radius 3 is 0.800 bits per heavy atom. The van der Waals surface area contributed by atoms with E-state index in [0.29, 0.717) is 25.7 Å². The molecule has 0 bridgehead atoms. The van der Waals surface area contributed by atoms with Crippen molar-refractivity contribution < 1.29 is 80.2 Å². The number of carbonyl (C=O) groups is 4. The molecule has 3 N–H and O–H groups in total. The van der Waals surface area contributed by atoms with Crippen LogP contribution in [0.3, 0.4) is 0 Å². The molecule has 0 aromatic rings. The molecule has 0 aliphatic heterocycles. The summed E-state index contributed by atoms with van der Waals surface area (Å²) >= 11 is 0. The van der Waals surface area contributed by atoms with Crippen molar-refractivity contribution in [3.05, 3.63) is 0 Å². The van der Waals surface area contributed by atoms with Crippen molar-refractivity contribution in [3.8, 4) is 0 Å². The van der Waals surface area contributed by atoms with E-state index in [0.717, 1.165) is 95.8 Å². The van der Waals surface area contributed by atoms with Crippen molar-refractivity contribution >= 4 is 39.5 Å². The molecule has 17 nitrogen and oxygen atoms in total. The molecule has 5 atom stereocenters. The zero-order chi connectivity index (χ0) is 62.8. The van der Waals surface area contributed by atoms with E-state index in [-0.39, 0.29) is 25.7 Å². The predicted octanol–water partition coefficient (Wildman–Crippen LogP) is 18.6. The number of unbranched alkanes of at least 4 members (excludes halogenated alkanes) is 38. The quantitative estimate of drug-likeness (QED) is 0.0222. The van der Waals surface area contributed by atoms with Gasteiger partial charge in [0.25, 0.3) is 0 Å². The molecule has 0 aromatic carbocycles. The van der Waals surface area contributed by atoms with E-state index in [1.807, 2.05) is 0 Å². The first kappa shape index (κ1) is 83.1. The first-order valence-electron chi connectivity index (χ1n) is 34.6. The lowest BCUT2D eigenvalue weighted by Gasteiger charge is -2.21. The third-order valence-electron chi connectivity index (χ3n) is 15.3. The van der Waals surface area contributed by atoms with Gasteiger partial charge in [-0.15, -0.1) is 0 Å². The number of hydrogen-bond donors (Lipinski definition) is 3. The van der Waals surface area contributed by atoms with Gasteiger partial charge in [0.2, 0.25) is 0 Å². The zero-order valence-electron chi connectivity index (χ0n) is 54.7. The Balaban J connectivity index is 5.22. The molecular weight excluding hydrogens is 1130 g/mol. The summed E-state index contributed by atoms with van der Waals surface area (Å²) in [5.41, 5.74) is 0. The largest absolute Gasteiger partial charge is 0.472 e. The highest BCUT2D eigenvalue weighted by molar-refractivity contribution is 7.47. The number of phosphoric ester groups is 2. The number of ether oxygens (including phenoxy) is 4. The van der Waals surface area contributed by atoms with E-state index in [1.54, 1.807) is 0 Å². The number of aliphatic hydroxyl groups excluding tert-OH is 1. The minimum absolute atomic E-state index is 0.106. The molecule has 19 heteroatoms. The molecule has 0 saturated carbocycles. The maximum absolute atomic E-state index is 13.0. The van der Waals surface area contributed by atoms with Crippen molar-refractivity contribution in [2.75, 3.05) is 39.6 Å². The van der Waals surface area contributed by atoms with Crippen molar-refractivity contribution in [2.45, 2.75) is 355 Å². The lowest BCUT2D eigenvalue weighted by molar-refractivity contribution is -0.161. The Hall–Kier alpha value is -1.94. The van der Waals surface area contributed by atoms with Crippen molar-refractivity contribution in [1.29, 1.82) is 0 Å². The first-order chi connectivity index (χ1) is 41.0. The van der Waals surface area contributed by atoms with Gasteiger partial charge in [0.05, 0.1) is 26.4 Å². The van der Waals surface area contributed by atoms with Gasteiger partial charge < -0.3 is 33.8 Å². The van der Waals surface area contributed by atoms with Gasteiger partial charge in [-0.25, -0.2) is 9.13 Å². The van der Waals surface area contributed by atoms with Crippen LogP contribution in [-0.2, 0) is 65.4 Å². The summed E-state index contributed by atoms with van der Waals surface area (Å²) in [4.78, 5) is 72.3. The van der Waals surface area contributed by atoms with Crippen LogP contribution >= 0.6 is 15.6 Å². The molecule has 0 aliphatic rings. The Morgan fingerprint density at radius 2 is 0.541 bits per heavy atom. The van der Waals surface area contributed by atoms with Gasteiger partial charge in [-0.05, 0) is 31.6 Å². The van der Waals surface area contributed by atoms with Gasteiger partial charge in [0, 0.05) is 25.7 Å². The Bertz CT molecular complexity index is 1650. The van der Waals surface area contributed by atoms with Crippen LogP contribution in [0.1, 0.15) is 336 Å². The summed E-state index contributed by atoms with van der Waals surface area (Å²) in [5, 5.41) is 10.5. The van der Waals surface area contributed by atoms with Crippen molar-refractivity contribution in [2.24, 2.45) is 5.92 Å². The fourth-order valence-electron chi connectivity index (χ4n) is 9.94. The monoisotopic (exact) mass is 1250 g/mol. The summed E-state index contributed by atoms with van der Waals surface area (Å²) in [6.45, 7) is 7.16. The normalized spacial score (nSPS) is 14.2. The van der Waals surface area contributed by atoms with Crippen LogP contribution in [0.25, 0.3) is 0 Å². The molecule has 0 rings (SSSR count). The highest BCUT2D eigenvalue weighted by Crippen LogP contribution is 2.45. The lowest BCUT2D eigenvalue weighted by atomic mass is 10.0. The Labute approximate surface area is 517 Å². The second-order valence-electron chi connectivity index (χ2n) is 24.3. The summed E-state index contributed by atoms with van der Waals surface area (Å²) in [5.74, 6) is -1.40. The Kier molecular flexibility index (Phi) is 58.3. The molecule has 85 heavy (non-hydrogen) atoms. The summed E-state index contributed by atoms with van der Waals surface area (Å²) in [6.07, 6.45) is 44.4. The van der Waals surface area contributed by atoms with E-state index >= 15 is 0 Å². The third-order valence-corrected chi connectivity index (χ3v) is 17.2. The molecule has 0 aliphatic carbocycles. The second kappa shape index (κ2) is 59.7. The highest BCUT2D eigenvalue weighted by Gasteiger charge is 2.30. The predicted molar refractivity (Wildman–Crippen MR) is 340 cm³/mol. The molecule has 0 spiro atoms. The zero-order valence-corrected chi connectivity index (χ0v) is 56.5. The standard InChI is InChI=1S/C66H128O17P2/c1-6-9-12-15-18-21-23-24-25-26-27-30-37-42-47-52-66(71)83-62(56-77-64(69)50-45-40-35-32-31-33-38-43-48-59(4)5)58-81-85(74,75)79-54-60(67)53-78-84(72,73)80-57-61(55-76-63(68)49-44-39-34-28-20-17-14-11-8-3)82-65(70)51-46-41-36-29-22-19-16-13-10-7-2/h59-62,67H,6-58H2,1-5H3,(H,72,73)(H,74,75)/t60-,61+,62+/m0/s1. The van der Waals surface area contributed by atoms with E-state index in [9.17, 15) is 43.2 Å². The number of hydrogen-bond acceptors (Lipinski definition) is 15. The molecule has 2 unspecified atom stereocenters. The van der Waals surface area contributed by atoms with Crippen LogP contribution in [-0.4, -0.2) is 96.7 Å². The molecule has 0 fully saturated rings. The molecule has 0 saturated heterocycles. The van der Waals surface area contributed by atoms with Crippen LogP contribution in [0, 0.1) is 5.92 Å². The maximum atomic E-state index is 13.0. The average Bonchev–Trinajstić information content (AvgIpc) is 3.61. The van der Waals surface area contributed by atoms with E-state index in [1.165, 1.54) is 161 Å². The fraction of sp³-hybridized carbons (Fsp3) is 0.939. The Morgan fingerprint density at radius 1 is 0.318 bits per heavy atom. The molecule has 0 aromatic heterocycles. The van der Waals surface area contributed by atoms with Crippen molar-refractivity contribution in [1.82, 2.24) is 0 Å². The van der Waals surface area contributed by atoms with Crippen LogP contribution in [0.4, 0.5) is 0 Å². The lowest BCUT2D eigenvalue weighted by Crippen LogP contribution is -2.30. The maximum Gasteiger partial charge on any atom is 0.472 e. The molecular formula is C66H128O17P2. The minimum atomic E-state index is -4.95. The number of carbonyl (C=O) groups excluding carboxylic acids is 4. The number of phosphoric acid groups is 2. The van der Waals surface area contributed by atoms with Gasteiger partial charge >= 0.3 is 39.5 Å². The number of rotatable bonds is 66. The average molecular weight is 1260 g/mol. The number of aliphatic hydroxyl groups is 1. The van der Waals surface area contributed by atoms with Gasteiger partial charge in [-0.3, -0.25) is 37.3 Å². The van der Waals surface area contributed by atoms with Gasteiger partial charge in [-0.2, -0.15) is 0 Å². The molecule has 0 heterocycles. The van der Waals surface area contributed by atoms with E-state index in [4.69, 9.17) is 37.0 Å². The first-order valence-corrected chi connectivity index (χ1v) is 37.6. The highest BCUT2D eigenvalue weighted by atomic mass is 31.2. The van der Waals surface area contributed by atoms with E-state index < -0.39 is 97.5 Å². The van der Waals surface area contributed by atoms with Crippen LogP contribution < -0.4 is 0 Å². The number of esters is 4. The smallest absolute Gasteiger partial charge is 0.462 e. The molecule has 0 amide bonds. The third kappa shape index (κ3) is 60.7. The topological polar surface area (TPSA) is 237 Å².